The smallest absolute Gasteiger partial charge is 0.456 e. The second-order valence-electron chi connectivity index (χ2n) is 7.84. The zero-order valence-electron chi connectivity index (χ0n) is 17.5. The Kier molecular flexibility index (Phi) is 6.37. The van der Waals surface area contributed by atoms with Crippen LogP contribution in [0, 0.1) is 17.3 Å². The SMILES string of the molecule is CC(C)(C)C#CC(O)(c1cncnc1)c1ccc(Oc2ccc(OC(F)(F)F)cc2)cn1. The predicted molar refractivity (Wildman–Crippen MR) is 110 cm³/mol. The van der Waals surface area contributed by atoms with Crippen LogP contribution >= 0.6 is 0 Å². The summed E-state index contributed by atoms with van der Waals surface area (Å²) in [4.78, 5) is 12.2. The number of hydrogen-bond donors (Lipinski definition) is 1. The quantitative estimate of drug-likeness (QED) is 0.568. The van der Waals surface area contributed by atoms with Gasteiger partial charge in [-0.1, -0.05) is 11.8 Å². The van der Waals surface area contributed by atoms with Crippen molar-refractivity contribution in [3.63, 3.8) is 0 Å². The Morgan fingerprint density at radius 2 is 1.41 bits per heavy atom. The Morgan fingerprint density at radius 3 is 1.94 bits per heavy atom. The molecule has 166 valence electrons. The molecule has 0 spiro atoms. The van der Waals surface area contributed by atoms with Crippen molar-refractivity contribution in [1.82, 2.24) is 15.0 Å². The van der Waals surface area contributed by atoms with Gasteiger partial charge in [-0.3, -0.25) is 4.98 Å². The second-order valence-corrected chi connectivity index (χ2v) is 7.84. The van der Waals surface area contributed by atoms with Crippen LogP contribution < -0.4 is 9.47 Å². The average molecular weight is 443 g/mol. The maximum absolute atomic E-state index is 12.3. The van der Waals surface area contributed by atoms with Crippen LogP contribution in [0.15, 0.2) is 61.3 Å². The number of alkyl halides is 3. The van der Waals surface area contributed by atoms with E-state index in [0.717, 1.165) is 12.1 Å². The Balaban J connectivity index is 1.84. The van der Waals surface area contributed by atoms with Crippen molar-refractivity contribution in [1.29, 1.82) is 0 Å². The van der Waals surface area contributed by atoms with Gasteiger partial charge in [-0.25, -0.2) is 9.97 Å². The number of rotatable bonds is 5. The molecule has 2 heterocycles. The van der Waals surface area contributed by atoms with Crippen LogP contribution in [-0.4, -0.2) is 26.4 Å². The van der Waals surface area contributed by atoms with E-state index >= 15 is 0 Å². The third-order valence-electron chi connectivity index (χ3n) is 4.00. The van der Waals surface area contributed by atoms with Gasteiger partial charge in [0.05, 0.1) is 11.9 Å². The summed E-state index contributed by atoms with van der Waals surface area (Å²) in [5, 5.41) is 11.4. The van der Waals surface area contributed by atoms with E-state index in [1.807, 2.05) is 20.8 Å². The van der Waals surface area contributed by atoms with E-state index in [4.69, 9.17) is 4.74 Å². The average Bonchev–Trinajstić information content (AvgIpc) is 2.73. The molecular weight excluding hydrogens is 423 g/mol. The first-order valence-corrected chi connectivity index (χ1v) is 9.47. The van der Waals surface area contributed by atoms with Crippen LogP contribution in [0.5, 0.6) is 17.2 Å². The van der Waals surface area contributed by atoms with Crippen molar-refractivity contribution in [2.24, 2.45) is 5.41 Å². The van der Waals surface area contributed by atoms with E-state index in [-0.39, 0.29) is 22.6 Å². The lowest BCUT2D eigenvalue weighted by molar-refractivity contribution is -0.274. The third-order valence-corrected chi connectivity index (χ3v) is 4.00. The van der Waals surface area contributed by atoms with E-state index < -0.39 is 12.0 Å². The highest BCUT2D eigenvalue weighted by atomic mass is 19.4. The molecule has 1 atom stereocenters. The molecule has 0 saturated carbocycles. The van der Waals surface area contributed by atoms with Crippen LogP contribution in [0.25, 0.3) is 0 Å². The molecular formula is C23H20F3N3O3. The fraction of sp³-hybridized carbons (Fsp3) is 0.261. The highest BCUT2D eigenvalue weighted by Crippen LogP contribution is 2.31. The highest BCUT2D eigenvalue weighted by molar-refractivity contribution is 5.42. The molecule has 0 saturated heterocycles. The number of aromatic nitrogens is 3. The van der Waals surface area contributed by atoms with Gasteiger partial charge < -0.3 is 14.6 Å². The normalized spacial score (nSPS) is 13.5. The number of hydrogen-bond acceptors (Lipinski definition) is 6. The van der Waals surface area contributed by atoms with Crippen LogP contribution in [0.2, 0.25) is 0 Å². The van der Waals surface area contributed by atoms with E-state index in [0.29, 0.717) is 11.3 Å². The number of ether oxygens (including phenoxy) is 2. The molecule has 9 heteroatoms. The minimum Gasteiger partial charge on any atom is -0.456 e. The third kappa shape index (κ3) is 6.18. The van der Waals surface area contributed by atoms with Crippen molar-refractivity contribution >= 4 is 0 Å². The van der Waals surface area contributed by atoms with Gasteiger partial charge in [0.25, 0.3) is 0 Å². The first kappa shape index (κ1) is 23.0. The minimum atomic E-state index is -4.77. The highest BCUT2D eigenvalue weighted by Gasteiger charge is 2.33. The Labute approximate surface area is 183 Å². The molecule has 6 nitrogen and oxygen atoms in total. The van der Waals surface area contributed by atoms with Gasteiger partial charge in [-0.15, -0.1) is 13.2 Å². The first-order chi connectivity index (χ1) is 14.9. The minimum absolute atomic E-state index is 0.241. The van der Waals surface area contributed by atoms with E-state index in [1.165, 1.54) is 37.1 Å². The van der Waals surface area contributed by atoms with Crippen molar-refractivity contribution < 1.29 is 27.8 Å². The molecule has 1 unspecified atom stereocenters. The topological polar surface area (TPSA) is 77.4 Å². The maximum atomic E-state index is 12.3. The fourth-order valence-corrected chi connectivity index (χ4v) is 2.55. The summed E-state index contributed by atoms with van der Waals surface area (Å²) in [6.45, 7) is 5.74. The Morgan fingerprint density at radius 1 is 0.812 bits per heavy atom. The van der Waals surface area contributed by atoms with E-state index in [9.17, 15) is 18.3 Å². The molecule has 3 rings (SSSR count). The summed E-state index contributed by atoms with van der Waals surface area (Å²) in [7, 11) is 0. The van der Waals surface area contributed by atoms with Gasteiger partial charge in [-0.05, 0) is 57.2 Å². The van der Waals surface area contributed by atoms with Crippen molar-refractivity contribution in [2.75, 3.05) is 0 Å². The number of aliphatic hydroxyl groups is 1. The zero-order valence-corrected chi connectivity index (χ0v) is 17.5. The van der Waals surface area contributed by atoms with E-state index in [2.05, 4.69) is 31.5 Å². The zero-order chi connectivity index (χ0) is 23.4. The summed E-state index contributed by atoms with van der Waals surface area (Å²) in [6.07, 6.45) is 0.875. The molecule has 0 fully saturated rings. The van der Waals surface area contributed by atoms with Crippen LogP contribution in [0.1, 0.15) is 32.0 Å². The number of nitrogens with zero attached hydrogens (tertiary/aromatic N) is 3. The summed E-state index contributed by atoms with van der Waals surface area (Å²) in [5.41, 5.74) is -1.51. The lowest BCUT2D eigenvalue weighted by Gasteiger charge is -2.22. The monoisotopic (exact) mass is 443 g/mol. The summed E-state index contributed by atoms with van der Waals surface area (Å²) >= 11 is 0. The van der Waals surface area contributed by atoms with Crippen molar-refractivity contribution in [3.8, 4) is 29.1 Å². The van der Waals surface area contributed by atoms with Gasteiger partial charge >= 0.3 is 6.36 Å². The molecule has 1 N–H and O–H groups in total. The van der Waals surface area contributed by atoms with Gasteiger partial charge in [0.1, 0.15) is 23.6 Å². The fourth-order valence-electron chi connectivity index (χ4n) is 2.55. The maximum Gasteiger partial charge on any atom is 0.573 e. The number of halogens is 3. The summed E-state index contributed by atoms with van der Waals surface area (Å²) in [5.74, 6) is 6.14. The van der Waals surface area contributed by atoms with Gasteiger partial charge in [0.2, 0.25) is 0 Å². The number of pyridine rings is 1. The van der Waals surface area contributed by atoms with Crippen LogP contribution in [0.3, 0.4) is 0 Å². The Hall–Kier alpha value is -3.64. The van der Waals surface area contributed by atoms with E-state index in [1.54, 1.807) is 12.1 Å². The predicted octanol–water partition coefficient (Wildman–Crippen LogP) is 4.85. The molecule has 0 radical (unpaired) electrons. The standard InChI is InChI=1S/C23H20F3N3O3/c1-21(2,3)10-11-22(30,16-12-27-15-28-13-16)20-9-8-19(14-29-20)31-17-4-6-18(7-5-17)32-23(24,25)26/h4-9,12-15,30H,1-3H3. The summed E-state index contributed by atoms with van der Waals surface area (Å²) < 4.78 is 46.2. The molecule has 3 aromatic rings. The van der Waals surface area contributed by atoms with Gasteiger partial charge in [0.15, 0.2) is 5.60 Å². The lowest BCUT2D eigenvalue weighted by atomic mass is 9.89. The molecule has 0 bridgehead atoms. The first-order valence-electron chi connectivity index (χ1n) is 9.47. The molecule has 32 heavy (non-hydrogen) atoms. The molecule has 1 aromatic carbocycles. The van der Waals surface area contributed by atoms with Crippen LogP contribution in [0.4, 0.5) is 13.2 Å². The molecule has 2 aromatic heterocycles. The molecule has 0 aliphatic heterocycles. The molecule has 0 aliphatic carbocycles. The largest absolute Gasteiger partial charge is 0.573 e. The lowest BCUT2D eigenvalue weighted by Crippen LogP contribution is -2.27. The van der Waals surface area contributed by atoms with Crippen molar-refractivity contribution in [2.45, 2.75) is 32.7 Å². The van der Waals surface area contributed by atoms with Gasteiger partial charge in [0, 0.05) is 23.4 Å². The summed E-state index contributed by atoms with van der Waals surface area (Å²) in [6, 6.07) is 8.06. The Bertz CT molecular complexity index is 1100. The van der Waals surface area contributed by atoms with Gasteiger partial charge in [-0.2, -0.15) is 0 Å². The number of benzene rings is 1. The molecule has 0 aliphatic rings. The van der Waals surface area contributed by atoms with Crippen molar-refractivity contribution in [3.05, 3.63) is 72.6 Å². The molecule has 0 amide bonds. The second kappa shape index (κ2) is 8.85. The van der Waals surface area contributed by atoms with Crippen LogP contribution in [-0.2, 0) is 5.60 Å².